The van der Waals surface area contributed by atoms with Gasteiger partial charge in [0, 0.05) is 0 Å². The largest absolute Gasteiger partial charge is 0.460 e. The molecule has 0 saturated carbocycles. The van der Waals surface area contributed by atoms with Crippen LogP contribution in [0.25, 0.3) is 0 Å². The first-order valence-corrected chi connectivity index (χ1v) is 11.5. The van der Waals surface area contributed by atoms with Crippen LogP contribution in [0.2, 0.25) is 0 Å². The molecule has 1 N–H and O–H groups in total. The molecule has 0 aromatic rings. The lowest BCUT2D eigenvalue weighted by Gasteiger charge is -2.40. The minimum atomic E-state index is -8.50. The minimum Gasteiger partial charge on any atom is -0.459 e. The van der Waals surface area contributed by atoms with Crippen LogP contribution < -0.4 is 0 Å². The third-order valence-corrected chi connectivity index (χ3v) is 4.77. The lowest BCUT2D eigenvalue weighted by molar-refractivity contribution is -0.450. The number of hydrogen-bond donors (Lipinski definition) is 1. The average Bonchev–Trinajstić information content (AvgIpc) is 2.88. The Morgan fingerprint density at radius 1 is 0.419 bits per heavy atom. The van der Waals surface area contributed by atoms with Gasteiger partial charge in [0.05, 0.1) is 72.7 Å². The molecule has 0 bridgehead atoms. The van der Waals surface area contributed by atoms with Gasteiger partial charge in [-0.3, -0.25) is 0 Å². The van der Waals surface area contributed by atoms with Gasteiger partial charge in [0.25, 0.3) is 0 Å². The van der Waals surface area contributed by atoms with Gasteiger partial charge in [-0.1, -0.05) is 0 Å². The van der Waals surface area contributed by atoms with Crippen molar-refractivity contribution in [1.82, 2.24) is 0 Å². The number of alkyl halides is 15. The zero-order valence-corrected chi connectivity index (χ0v) is 21.5. The summed E-state index contributed by atoms with van der Waals surface area (Å²) in [4.78, 5) is 11.2. The lowest BCUT2D eigenvalue weighted by atomic mass is 9.91. The number of carbonyl (C=O) groups excluding carboxylic acids is 1. The predicted octanol–water partition coefficient (Wildman–Crippen LogP) is 3.98. The van der Waals surface area contributed by atoms with Gasteiger partial charge in [-0.2, -0.15) is 65.9 Å². The summed E-state index contributed by atoms with van der Waals surface area (Å²) in [5, 5.41) is 8.48. The monoisotopic (exact) mass is 678 g/mol. The Bertz CT molecular complexity index is 825. The number of carbonyl (C=O) groups is 1. The van der Waals surface area contributed by atoms with E-state index in [0.717, 1.165) is 0 Å². The first-order valence-electron chi connectivity index (χ1n) is 11.5. The van der Waals surface area contributed by atoms with Crippen LogP contribution in [0.1, 0.15) is 0 Å². The Kier molecular flexibility index (Phi) is 15.8. The Morgan fingerprint density at radius 2 is 0.698 bits per heavy atom. The molecule has 8 nitrogen and oxygen atoms in total. The summed E-state index contributed by atoms with van der Waals surface area (Å²) in [6.07, 6.45) is -7.72. The van der Waals surface area contributed by atoms with Gasteiger partial charge in [0.15, 0.2) is 0 Å². The first kappa shape index (κ1) is 41.2. The van der Waals surface area contributed by atoms with E-state index < -0.39 is 60.9 Å². The molecular formula is C20H25F15O8. The van der Waals surface area contributed by atoms with E-state index >= 15 is 0 Å². The van der Waals surface area contributed by atoms with Crippen LogP contribution in [0.3, 0.4) is 0 Å². The van der Waals surface area contributed by atoms with Crippen molar-refractivity contribution in [1.29, 1.82) is 0 Å². The summed E-state index contributed by atoms with van der Waals surface area (Å²) in [5.74, 6) is -52.3. The highest BCUT2D eigenvalue weighted by atomic mass is 19.4. The Morgan fingerprint density at radius 3 is 1.02 bits per heavy atom. The fourth-order valence-corrected chi connectivity index (χ4v) is 2.43. The predicted molar refractivity (Wildman–Crippen MR) is 108 cm³/mol. The van der Waals surface area contributed by atoms with Crippen molar-refractivity contribution in [3.63, 3.8) is 0 Å². The summed E-state index contributed by atoms with van der Waals surface area (Å²) >= 11 is 0. The number of rotatable bonds is 23. The van der Waals surface area contributed by atoms with E-state index in [4.69, 9.17) is 24.1 Å². The third-order valence-electron chi connectivity index (χ3n) is 4.77. The Hall–Kier alpha value is -1.82. The molecule has 0 aromatic carbocycles. The van der Waals surface area contributed by atoms with Gasteiger partial charge >= 0.3 is 47.7 Å². The molecule has 0 amide bonds. The van der Waals surface area contributed by atoms with Gasteiger partial charge in [0.2, 0.25) is 0 Å². The molecule has 0 fully saturated rings. The highest BCUT2D eigenvalue weighted by molar-refractivity contribution is 5.79. The van der Waals surface area contributed by atoms with Crippen molar-refractivity contribution in [2.45, 2.75) is 41.7 Å². The molecule has 0 aromatic heterocycles. The maximum atomic E-state index is 13.7. The van der Waals surface area contributed by atoms with Crippen molar-refractivity contribution in [2.75, 3.05) is 79.3 Å². The second-order valence-corrected chi connectivity index (χ2v) is 7.87. The van der Waals surface area contributed by atoms with Crippen LogP contribution in [-0.2, 0) is 33.2 Å². The third kappa shape index (κ3) is 9.83. The number of esters is 1. The van der Waals surface area contributed by atoms with Crippen LogP contribution in [0.5, 0.6) is 0 Å². The van der Waals surface area contributed by atoms with Crippen LogP contribution in [-0.4, -0.2) is 132 Å². The molecule has 0 aliphatic carbocycles. The van der Waals surface area contributed by atoms with Crippen molar-refractivity contribution < 1.29 is 104 Å². The maximum Gasteiger partial charge on any atom is 0.460 e. The maximum absolute atomic E-state index is 13.7. The average molecular weight is 678 g/mol. The van der Waals surface area contributed by atoms with Crippen LogP contribution >= 0.6 is 0 Å². The summed E-state index contributed by atoms with van der Waals surface area (Å²) in [5.41, 5.74) is 0. The quantitative estimate of drug-likeness (QED) is 0.0987. The van der Waals surface area contributed by atoms with Gasteiger partial charge in [-0.15, -0.1) is 0 Å². The summed E-state index contributed by atoms with van der Waals surface area (Å²) in [7, 11) is 0. The molecule has 0 radical (unpaired) electrons. The van der Waals surface area contributed by atoms with Crippen molar-refractivity contribution in [2.24, 2.45) is 0 Å². The number of aliphatic hydroxyl groups excluding tert-OH is 1. The highest BCUT2D eigenvalue weighted by Gasteiger charge is 2.94. The number of aliphatic hydroxyl groups is 1. The van der Waals surface area contributed by atoms with Crippen LogP contribution in [0.15, 0.2) is 0 Å². The Labute approximate surface area is 232 Å². The molecule has 0 aliphatic heterocycles. The molecular weight excluding hydrogens is 653 g/mol. The normalized spacial score (nSPS) is 14.3. The van der Waals surface area contributed by atoms with Gasteiger partial charge in [-0.25, -0.2) is 4.79 Å². The van der Waals surface area contributed by atoms with E-state index in [9.17, 15) is 70.7 Å². The molecule has 0 aliphatic rings. The second-order valence-electron chi connectivity index (χ2n) is 7.87. The summed E-state index contributed by atoms with van der Waals surface area (Å²) in [6, 6.07) is 0. The first-order chi connectivity index (χ1) is 19.5. The molecule has 0 atom stereocenters. The zero-order chi connectivity index (χ0) is 33.8. The molecule has 0 unspecified atom stereocenters. The van der Waals surface area contributed by atoms with E-state index in [1.54, 1.807) is 0 Å². The molecule has 43 heavy (non-hydrogen) atoms. The van der Waals surface area contributed by atoms with E-state index in [1.165, 1.54) is 0 Å². The van der Waals surface area contributed by atoms with Crippen molar-refractivity contribution in [3.05, 3.63) is 0 Å². The van der Waals surface area contributed by atoms with Gasteiger partial charge < -0.3 is 33.5 Å². The van der Waals surface area contributed by atoms with Crippen molar-refractivity contribution >= 4 is 5.97 Å². The van der Waals surface area contributed by atoms with Crippen molar-refractivity contribution in [3.8, 4) is 0 Å². The smallest absolute Gasteiger partial charge is 0.459 e. The fraction of sp³-hybridized carbons (Fsp3) is 0.950. The summed E-state index contributed by atoms with van der Waals surface area (Å²) < 4.78 is 225. The lowest BCUT2D eigenvalue weighted by Crippen LogP contribution is -2.73. The van der Waals surface area contributed by atoms with Gasteiger partial charge in [-0.05, 0) is 0 Å². The Balaban J connectivity index is 4.67. The van der Waals surface area contributed by atoms with Crippen LogP contribution in [0.4, 0.5) is 65.9 Å². The highest BCUT2D eigenvalue weighted by Crippen LogP contribution is 2.62. The number of hydrogen-bond acceptors (Lipinski definition) is 8. The van der Waals surface area contributed by atoms with Gasteiger partial charge in [0.1, 0.15) is 6.61 Å². The minimum absolute atomic E-state index is 0.00788. The second kappa shape index (κ2) is 16.5. The standard InChI is InChI=1S/C20H25F15O8/c21-14(22,15(23,24)16(25,26)17(27,28)18(29,30)19(31,32)20(33,34)35)13(37)43-12-11-42-10-9-41-8-7-40-6-5-39-4-3-38-2-1-36/h36H,1-12H2. The molecule has 0 spiro atoms. The molecule has 0 heterocycles. The molecule has 0 saturated heterocycles. The van der Waals surface area contributed by atoms with E-state index in [-0.39, 0.29) is 66.1 Å². The number of ether oxygens (including phenoxy) is 6. The van der Waals surface area contributed by atoms with E-state index in [0.29, 0.717) is 0 Å². The van der Waals surface area contributed by atoms with Crippen LogP contribution in [0, 0.1) is 0 Å². The summed E-state index contributed by atoms with van der Waals surface area (Å²) in [6.45, 7) is -2.04. The molecule has 258 valence electrons. The topological polar surface area (TPSA) is 92.7 Å². The molecule has 0 rings (SSSR count). The van der Waals surface area contributed by atoms with E-state index in [2.05, 4.69) is 9.47 Å². The SMILES string of the molecule is O=C(OCCOCCOCCOCCOCCOCCO)C(F)(F)C(F)(F)C(F)(F)C(F)(F)C(F)(F)C(F)(F)C(F)(F)F. The molecule has 23 heteroatoms. The zero-order valence-electron chi connectivity index (χ0n) is 21.5. The fourth-order valence-electron chi connectivity index (χ4n) is 2.43. The number of halogens is 15. The van der Waals surface area contributed by atoms with E-state index in [1.807, 2.05) is 0 Å².